The minimum absolute atomic E-state index is 0.562. The summed E-state index contributed by atoms with van der Waals surface area (Å²) in [7, 11) is 2.23. The Kier molecular flexibility index (Phi) is 7.01. The van der Waals surface area contributed by atoms with Crippen molar-refractivity contribution in [1.29, 1.82) is 0 Å². The van der Waals surface area contributed by atoms with Crippen LogP contribution in [0.4, 0.5) is 0 Å². The third-order valence-electron chi connectivity index (χ3n) is 3.41. The van der Waals surface area contributed by atoms with Crippen LogP contribution >= 0.6 is 0 Å². The molecule has 0 aromatic carbocycles. The molecule has 96 valence electrons. The second-order valence-electron chi connectivity index (χ2n) is 4.83. The Labute approximate surface area is 101 Å². The number of hydrogen-bond donors (Lipinski definition) is 1. The van der Waals surface area contributed by atoms with Crippen molar-refractivity contribution in [3.63, 3.8) is 0 Å². The highest BCUT2D eigenvalue weighted by atomic mass is 16.5. The Balaban J connectivity index is 2.38. The van der Waals surface area contributed by atoms with Crippen LogP contribution in [0.5, 0.6) is 0 Å². The molecule has 1 aliphatic heterocycles. The molecule has 16 heavy (non-hydrogen) atoms. The van der Waals surface area contributed by atoms with Crippen molar-refractivity contribution in [2.24, 2.45) is 0 Å². The van der Waals surface area contributed by atoms with Crippen molar-refractivity contribution in [2.75, 3.05) is 33.4 Å². The standard InChI is InChI=1S/C13H28N2O/c1-4-6-9-15(3)13-11-16-10-7-12(13)14-8-5-2/h12-14H,4-11H2,1-3H3. The zero-order chi connectivity index (χ0) is 11.8. The van der Waals surface area contributed by atoms with E-state index in [-0.39, 0.29) is 0 Å². The molecule has 0 aliphatic carbocycles. The Morgan fingerprint density at radius 3 is 2.81 bits per heavy atom. The predicted molar refractivity (Wildman–Crippen MR) is 68.8 cm³/mol. The number of hydrogen-bond acceptors (Lipinski definition) is 3. The van der Waals surface area contributed by atoms with E-state index in [1.807, 2.05) is 0 Å². The number of nitrogens with zero attached hydrogens (tertiary/aromatic N) is 1. The third kappa shape index (κ3) is 4.40. The molecule has 2 atom stereocenters. The van der Waals surface area contributed by atoms with E-state index in [1.54, 1.807) is 0 Å². The van der Waals surface area contributed by atoms with Gasteiger partial charge in [-0.15, -0.1) is 0 Å². The molecule has 1 fully saturated rings. The largest absolute Gasteiger partial charge is 0.380 e. The molecule has 3 heteroatoms. The minimum Gasteiger partial charge on any atom is -0.380 e. The molecule has 0 bridgehead atoms. The number of unbranched alkanes of at least 4 members (excludes halogenated alkanes) is 1. The van der Waals surface area contributed by atoms with Gasteiger partial charge < -0.3 is 10.1 Å². The van der Waals surface area contributed by atoms with Gasteiger partial charge in [-0.2, -0.15) is 0 Å². The monoisotopic (exact) mass is 228 g/mol. The summed E-state index contributed by atoms with van der Waals surface area (Å²) in [6.07, 6.45) is 4.92. The van der Waals surface area contributed by atoms with Crippen LogP contribution in [0.2, 0.25) is 0 Å². The summed E-state index contributed by atoms with van der Waals surface area (Å²) in [4.78, 5) is 2.47. The summed E-state index contributed by atoms with van der Waals surface area (Å²) in [6, 6.07) is 1.18. The van der Waals surface area contributed by atoms with Gasteiger partial charge in [0.15, 0.2) is 0 Å². The first-order valence-corrected chi connectivity index (χ1v) is 6.81. The van der Waals surface area contributed by atoms with Gasteiger partial charge in [-0.25, -0.2) is 0 Å². The van der Waals surface area contributed by atoms with E-state index in [4.69, 9.17) is 4.74 Å². The first-order valence-electron chi connectivity index (χ1n) is 6.81. The van der Waals surface area contributed by atoms with Gasteiger partial charge in [0, 0.05) is 18.7 Å². The number of likely N-dealkylation sites (N-methyl/N-ethyl adjacent to an activating group) is 1. The first kappa shape index (κ1) is 13.9. The summed E-state index contributed by atoms with van der Waals surface area (Å²) in [5.74, 6) is 0. The van der Waals surface area contributed by atoms with E-state index < -0.39 is 0 Å². The van der Waals surface area contributed by atoms with Crippen LogP contribution in [0.1, 0.15) is 39.5 Å². The summed E-state index contributed by atoms with van der Waals surface area (Å²) in [5, 5.41) is 3.66. The van der Waals surface area contributed by atoms with Crippen LogP contribution in [-0.2, 0) is 4.74 Å². The first-order chi connectivity index (χ1) is 7.79. The van der Waals surface area contributed by atoms with Gasteiger partial charge >= 0.3 is 0 Å². The molecule has 0 radical (unpaired) electrons. The van der Waals surface area contributed by atoms with E-state index in [2.05, 4.69) is 31.1 Å². The van der Waals surface area contributed by atoms with E-state index in [1.165, 1.54) is 25.8 Å². The molecule has 0 spiro atoms. The molecule has 0 aromatic heterocycles. The molecule has 0 saturated carbocycles. The van der Waals surface area contributed by atoms with Gasteiger partial charge in [-0.3, -0.25) is 4.90 Å². The van der Waals surface area contributed by atoms with Gasteiger partial charge in [0.2, 0.25) is 0 Å². The van der Waals surface area contributed by atoms with Crippen molar-refractivity contribution < 1.29 is 4.74 Å². The number of nitrogens with one attached hydrogen (secondary N) is 1. The molecule has 1 rings (SSSR count). The second kappa shape index (κ2) is 8.04. The highest BCUT2D eigenvalue weighted by Gasteiger charge is 2.27. The van der Waals surface area contributed by atoms with Crippen LogP contribution in [0.15, 0.2) is 0 Å². The Morgan fingerprint density at radius 1 is 1.31 bits per heavy atom. The van der Waals surface area contributed by atoms with E-state index >= 15 is 0 Å². The topological polar surface area (TPSA) is 24.5 Å². The Hall–Kier alpha value is -0.120. The molecular weight excluding hydrogens is 200 g/mol. The second-order valence-corrected chi connectivity index (χ2v) is 4.83. The quantitative estimate of drug-likeness (QED) is 0.720. The number of rotatable bonds is 7. The van der Waals surface area contributed by atoms with Crippen molar-refractivity contribution >= 4 is 0 Å². The molecular formula is C13H28N2O. The van der Waals surface area contributed by atoms with Crippen LogP contribution in [0.3, 0.4) is 0 Å². The molecule has 1 saturated heterocycles. The highest BCUT2D eigenvalue weighted by Crippen LogP contribution is 2.13. The van der Waals surface area contributed by atoms with Crippen LogP contribution in [-0.4, -0.2) is 50.3 Å². The van der Waals surface area contributed by atoms with Gasteiger partial charge in [0.1, 0.15) is 0 Å². The zero-order valence-corrected chi connectivity index (χ0v) is 11.2. The molecule has 1 heterocycles. The fourth-order valence-electron chi connectivity index (χ4n) is 2.30. The zero-order valence-electron chi connectivity index (χ0n) is 11.2. The van der Waals surface area contributed by atoms with Gasteiger partial charge in [0.05, 0.1) is 6.61 Å². The maximum Gasteiger partial charge on any atom is 0.0636 e. The van der Waals surface area contributed by atoms with Crippen LogP contribution in [0, 0.1) is 0 Å². The highest BCUT2D eigenvalue weighted by molar-refractivity contribution is 4.86. The lowest BCUT2D eigenvalue weighted by atomic mass is 10.0. The van der Waals surface area contributed by atoms with E-state index in [0.29, 0.717) is 12.1 Å². The fourth-order valence-corrected chi connectivity index (χ4v) is 2.30. The predicted octanol–water partition coefficient (Wildman–Crippen LogP) is 1.88. The number of ether oxygens (including phenoxy) is 1. The van der Waals surface area contributed by atoms with E-state index in [0.717, 1.165) is 26.2 Å². The van der Waals surface area contributed by atoms with Crippen LogP contribution in [0.25, 0.3) is 0 Å². The van der Waals surface area contributed by atoms with Gasteiger partial charge in [0.25, 0.3) is 0 Å². The fraction of sp³-hybridized carbons (Fsp3) is 1.00. The summed E-state index contributed by atoms with van der Waals surface area (Å²) in [6.45, 7) is 8.60. The smallest absolute Gasteiger partial charge is 0.0636 e. The summed E-state index contributed by atoms with van der Waals surface area (Å²) >= 11 is 0. The lowest BCUT2D eigenvalue weighted by Crippen LogP contribution is -2.54. The van der Waals surface area contributed by atoms with Crippen molar-refractivity contribution in [3.05, 3.63) is 0 Å². The average molecular weight is 228 g/mol. The third-order valence-corrected chi connectivity index (χ3v) is 3.41. The van der Waals surface area contributed by atoms with Crippen molar-refractivity contribution in [1.82, 2.24) is 10.2 Å². The summed E-state index contributed by atoms with van der Waals surface area (Å²) < 4.78 is 5.61. The van der Waals surface area contributed by atoms with E-state index in [9.17, 15) is 0 Å². The average Bonchev–Trinajstić information content (AvgIpc) is 2.33. The van der Waals surface area contributed by atoms with Crippen LogP contribution < -0.4 is 5.32 Å². The molecule has 0 aromatic rings. The molecule has 1 N–H and O–H groups in total. The maximum atomic E-state index is 5.61. The lowest BCUT2D eigenvalue weighted by molar-refractivity contribution is 0.00581. The molecule has 0 amide bonds. The van der Waals surface area contributed by atoms with Crippen molar-refractivity contribution in [2.45, 2.75) is 51.6 Å². The van der Waals surface area contributed by atoms with Gasteiger partial charge in [-0.05, 0) is 39.4 Å². The molecule has 2 unspecified atom stereocenters. The SMILES string of the molecule is CCCCN(C)C1COCCC1NCCC. The normalized spacial score (nSPS) is 26.2. The van der Waals surface area contributed by atoms with Crippen molar-refractivity contribution in [3.8, 4) is 0 Å². The Morgan fingerprint density at radius 2 is 2.12 bits per heavy atom. The van der Waals surface area contributed by atoms with Gasteiger partial charge in [-0.1, -0.05) is 20.3 Å². The lowest BCUT2D eigenvalue weighted by Gasteiger charge is -2.38. The summed E-state index contributed by atoms with van der Waals surface area (Å²) in [5.41, 5.74) is 0. The maximum absolute atomic E-state index is 5.61. The Bertz CT molecular complexity index is 175. The molecule has 3 nitrogen and oxygen atoms in total. The molecule has 1 aliphatic rings. The minimum atomic E-state index is 0.562.